The van der Waals surface area contributed by atoms with E-state index in [9.17, 15) is 9.59 Å². The van der Waals surface area contributed by atoms with Crippen LogP contribution in [-0.4, -0.2) is 28.8 Å². The standard InChI is InChI=1S/C12H13BrO5/c1-12(2,11(16)17)6-18-9-7(10(14)15)4-3-5-8(9)13/h3-5H,6H2,1-2H3,(H,14,15)(H,16,17). The second kappa shape index (κ2) is 5.39. The van der Waals surface area contributed by atoms with Crippen LogP contribution in [0.3, 0.4) is 0 Å². The van der Waals surface area contributed by atoms with Gasteiger partial charge < -0.3 is 14.9 Å². The summed E-state index contributed by atoms with van der Waals surface area (Å²) in [6, 6.07) is 4.61. The lowest BCUT2D eigenvalue weighted by Crippen LogP contribution is -2.31. The fraction of sp³-hybridized carbons (Fsp3) is 0.333. The van der Waals surface area contributed by atoms with Crippen LogP contribution < -0.4 is 4.74 Å². The summed E-state index contributed by atoms with van der Waals surface area (Å²) >= 11 is 3.18. The molecule has 0 radical (unpaired) electrons. The number of carboxylic acids is 2. The quantitative estimate of drug-likeness (QED) is 0.872. The largest absolute Gasteiger partial charge is 0.490 e. The fourth-order valence-electron chi connectivity index (χ4n) is 1.14. The zero-order valence-corrected chi connectivity index (χ0v) is 11.5. The van der Waals surface area contributed by atoms with Crippen LogP contribution in [0.4, 0.5) is 0 Å². The van der Waals surface area contributed by atoms with E-state index in [-0.39, 0.29) is 17.9 Å². The summed E-state index contributed by atoms with van der Waals surface area (Å²) in [5.74, 6) is -2.00. The van der Waals surface area contributed by atoms with Gasteiger partial charge in [-0.15, -0.1) is 0 Å². The van der Waals surface area contributed by atoms with Crippen molar-refractivity contribution in [1.29, 1.82) is 0 Å². The van der Waals surface area contributed by atoms with Gasteiger partial charge in [-0.1, -0.05) is 6.07 Å². The number of hydrogen-bond acceptors (Lipinski definition) is 3. The normalized spacial score (nSPS) is 11.1. The van der Waals surface area contributed by atoms with Crippen LogP contribution >= 0.6 is 15.9 Å². The maximum atomic E-state index is 11.0. The zero-order valence-electron chi connectivity index (χ0n) is 9.94. The van der Waals surface area contributed by atoms with Crippen molar-refractivity contribution < 1.29 is 24.5 Å². The van der Waals surface area contributed by atoms with Gasteiger partial charge in [0.05, 0.1) is 9.89 Å². The lowest BCUT2D eigenvalue weighted by atomic mass is 9.95. The molecule has 1 rings (SSSR count). The minimum absolute atomic E-state index is 0.00874. The molecule has 0 amide bonds. The average Bonchev–Trinajstić information content (AvgIpc) is 2.26. The Morgan fingerprint density at radius 2 is 1.94 bits per heavy atom. The number of carboxylic acid groups (broad SMARTS) is 2. The molecule has 6 heteroatoms. The number of hydrogen-bond donors (Lipinski definition) is 2. The van der Waals surface area contributed by atoms with Crippen molar-refractivity contribution in [2.75, 3.05) is 6.61 Å². The minimum Gasteiger partial charge on any atom is -0.490 e. The van der Waals surface area contributed by atoms with Gasteiger partial charge in [0.15, 0.2) is 0 Å². The van der Waals surface area contributed by atoms with Crippen LogP contribution in [0.2, 0.25) is 0 Å². The third kappa shape index (κ3) is 3.22. The Balaban J connectivity index is 2.98. The van der Waals surface area contributed by atoms with Gasteiger partial charge in [-0.2, -0.15) is 0 Å². The summed E-state index contributed by atoms with van der Waals surface area (Å²) in [5.41, 5.74) is -1.10. The predicted octanol–water partition coefficient (Wildman–Crippen LogP) is 2.64. The number of carbonyl (C=O) groups is 2. The summed E-state index contributed by atoms with van der Waals surface area (Å²) < 4.78 is 5.82. The highest BCUT2D eigenvalue weighted by Crippen LogP contribution is 2.30. The van der Waals surface area contributed by atoms with Crippen molar-refractivity contribution in [3.63, 3.8) is 0 Å². The molecule has 18 heavy (non-hydrogen) atoms. The van der Waals surface area contributed by atoms with E-state index < -0.39 is 17.4 Å². The molecule has 0 fully saturated rings. The number of benzene rings is 1. The van der Waals surface area contributed by atoms with Gasteiger partial charge >= 0.3 is 11.9 Å². The first kappa shape index (κ1) is 14.5. The summed E-state index contributed by atoms with van der Waals surface area (Å²) in [7, 11) is 0. The van der Waals surface area contributed by atoms with E-state index in [1.54, 1.807) is 12.1 Å². The molecule has 0 saturated heterocycles. The molecule has 0 atom stereocenters. The molecule has 0 aliphatic carbocycles. The van der Waals surface area contributed by atoms with E-state index in [4.69, 9.17) is 14.9 Å². The first-order chi connectivity index (χ1) is 8.25. The Bertz CT molecular complexity index is 481. The van der Waals surface area contributed by atoms with E-state index in [1.807, 2.05) is 0 Å². The number of halogens is 1. The fourth-order valence-corrected chi connectivity index (χ4v) is 1.62. The molecule has 0 aliphatic rings. The van der Waals surface area contributed by atoms with Crippen molar-refractivity contribution in [3.05, 3.63) is 28.2 Å². The van der Waals surface area contributed by atoms with Crippen molar-refractivity contribution in [2.24, 2.45) is 5.41 Å². The molecule has 0 spiro atoms. The molecule has 0 aromatic heterocycles. The van der Waals surface area contributed by atoms with Crippen LogP contribution in [0.15, 0.2) is 22.7 Å². The van der Waals surface area contributed by atoms with Gasteiger partial charge in [-0.25, -0.2) is 4.79 Å². The van der Waals surface area contributed by atoms with Crippen LogP contribution in [0.1, 0.15) is 24.2 Å². The monoisotopic (exact) mass is 316 g/mol. The van der Waals surface area contributed by atoms with Gasteiger partial charge in [0.2, 0.25) is 0 Å². The smallest absolute Gasteiger partial charge is 0.339 e. The SMILES string of the molecule is CC(C)(COc1c(Br)cccc1C(=O)O)C(=O)O. The Morgan fingerprint density at radius 3 is 2.44 bits per heavy atom. The Morgan fingerprint density at radius 1 is 1.33 bits per heavy atom. The summed E-state index contributed by atoms with van der Waals surface area (Å²) in [4.78, 5) is 22.0. The molecule has 1 aromatic rings. The van der Waals surface area contributed by atoms with E-state index in [1.165, 1.54) is 19.9 Å². The first-order valence-electron chi connectivity index (χ1n) is 5.13. The lowest BCUT2D eigenvalue weighted by molar-refractivity contribution is -0.148. The molecule has 0 heterocycles. The van der Waals surface area contributed by atoms with Gasteiger partial charge in [0.1, 0.15) is 17.9 Å². The summed E-state index contributed by atoms with van der Waals surface area (Å²) in [6.07, 6.45) is 0. The van der Waals surface area contributed by atoms with Crippen LogP contribution in [0.25, 0.3) is 0 Å². The maximum Gasteiger partial charge on any atom is 0.339 e. The average molecular weight is 317 g/mol. The second-order valence-electron chi connectivity index (χ2n) is 4.40. The van der Waals surface area contributed by atoms with E-state index in [0.29, 0.717) is 4.47 Å². The highest BCUT2D eigenvalue weighted by molar-refractivity contribution is 9.10. The Labute approximate surface area is 113 Å². The molecule has 98 valence electrons. The van der Waals surface area contributed by atoms with E-state index >= 15 is 0 Å². The molecular formula is C12H13BrO5. The molecule has 0 saturated carbocycles. The van der Waals surface area contributed by atoms with Crippen LogP contribution in [-0.2, 0) is 4.79 Å². The number of ether oxygens (including phenoxy) is 1. The van der Waals surface area contributed by atoms with Gasteiger partial charge in [-0.05, 0) is 41.9 Å². The molecule has 0 aliphatic heterocycles. The third-order valence-electron chi connectivity index (χ3n) is 2.35. The van der Waals surface area contributed by atoms with Gasteiger partial charge in [0, 0.05) is 0 Å². The van der Waals surface area contributed by atoms with Crippen LogP contribution in [0, 0.1) is 5.41 Å². The lowest BCUT2D eigenvalue weighted by Gasteiger charge is -2.20. The van der Waals surface area contributed by atoms with Crippen molar-refractivity contribution >= 4 is 27.9 Å². The summed E-state index contributed by atoms with van der Waals surface area (Å²) in [6.45, 7) is 2.89. The number of aromatic carboxylic acids is 1. The first-order valence-corrected chi connectivity index (χ1v) is 5.93. The highest BCUT2D eigenvalue weighted by atomic mass is 79.9. The number of para-hydroxylation sites is 1. The van der Waals surface area contributed by atoms with Crippen molar-refractivity contribution in [2.45, 2.75) is 13.8 Å². The molecular weight excluding hydrogens is 304 g/mol. The second-order valence-corrected chi connectivity index (χ2v) is 5.25. The minimum atomic E-state index is -1.13. The van der Waals surface area contributed by atoms with Crippen molar-refractivity contribution in [1.82, 2.24) is 0 Å². The molecule has 2 N–H and O–H groups in total. The molecule has 5 nitrogen and oxygen atoms in total. The molecule has 0 bridgehead atoms. The Kier molecular flexibility index (Phi) is 4.34. The highest BCUT2D eigenvalue weighted by Gasteiger charge is 2.29. The van der Waals surface area contributed by atoms with Gasteiger partial charge in [-0.3, -0.25) is 4.79 Å². The third-order valence-corrected chi connectivity index (χ3v) is 2.98. The van der Waals surface area contributed by atoms with Crippen molar-refractivity contribution in [3.8, 4) is 5.75 Å². The van der Waals surface area contributed by atoms with Gasteiger partial charge in [0.25, 0.3) is 0 Å². The summed E-state index contributed by atoms with van der Waals surface area (Å²) in [5, 5.41) is 18.0. The maximum absolute atomic E-state index is 11.0. The Hall–Kier alpha value is -1.56. The van der Waals surface area contributed by atoms with Crippen LogP contribution in [0.5, 0.6) is 5.75 Å². The molecule has 1 aromatic carbocycles. The zero-order chi connectivity index (χ0) is 13.9. The van der Waals surface area contributed by atoms with E-state index in [0.717, 1.165) is 0 Å². The number of rotatable bonds is 5. The topological polar surface area (TPSA) is 83.8 Å². The molecule has 0 unspecified atom stereocenters. The van der Waals surface area contributed by atoms with E-state index in [2.05, 4.69) is 15.9 Å². The predicted molar refractivity (Wildman–Crippen MR) is 68.0 cm³/mol. The number of aliphatic carboxylic acids is 1.